The largest absolute Gasteiger partial charge is 0.358 e. The molecule has 2 amide bonds. The van der Waals surface area contributed by atoms with Gasteiger partial charge in [0.25, 0.3) is 0 Å². The van der Waals surface area contributed by atoms with Gasteiger partial charge in [0.15, 0.2) is 0 Å². The first kappa shape index (κ1) is 13.4. The predicted octanol–water partition coefficient (Wildman–Crippen LogP) is 1.67. The van der Waals surface area contributed by atoms with E-state index in [2.05, 4.69) is 17.1 Å². The van der Waals surface area contributed by atoms with Crippen LogP contribution in [0.3, 0.4) is 0 Å². The molecule has 5 heteroatoms. The number of H-pyrrole nitrogens is 1. The number of aromatic amines is 1. The summed E-state index contributed by atoms with van der Waals surface area (Å²) in [6.07, 6.45) is 2.31. The molecule has 1 aromatic heterocycles. The van der Waals surface area contributed by atoms with E-state index in [0.29, 0.717) is 13.0 Å². The second-order valence-electron chi connectivity index (χ2n) is 6.11. The first-order valence-electron chi connectivity index (χ1n) is 7.86. The maximum atomic E-state index is 12.5. The number of aromatic nitrogens is 1. The molecule has 3 heterocycles. The van der Waals surface area contributed by atoms with Gasteiger partial charge in [0.2, 0.25) is 11.8 Å². The summed E-state index contributed by atoms with van der Waals surface area (Å²) in [7, 11) is 0. The summed E-state index contributed by atoms with van der Waals surface area (Å²) in [6.45, 7) is 2.31. The normalized spacial score (nSPS) is 18.1. The number of fused-ring (bicyclic) bond motifs is 3. The van der Waals surface area contributed by atoms with Crippen LogP contribution in [-0.4, -0.2) is 46.2 Å². The van der Waals surface area contributed by atoms with Crippen molar-refractivity contribution in [3.63, 3.8) is 0 Å². The van der Waals surface area contributed by atoms with E-state index in [1.54, 1.807) is 4.90 Å². The Morgan fingerprint density at radius 1 is 1.18 bits per heavy atom. The smallest absolute Gasteiger partial charge is 0.242 e. The van der Waals surface area contributed by atoms with Gasteiger partial charge in [-0.3, -0.25) is 9.59 Å². The van der Waals surface area contributed by atoms with Crippen molar-refractivity contribution < 1.29 is 9.59 Å². The molecule has 22 heavy (non-hydrogen) atoms. The average molecular weight is 297 g/mol. The van der Waals surface area contributed by atoms with E-state index in [9.17, 15) is 9.59 Å². The highest BCUT2D eigenvalue weighted by Gasteiger charge is 2.28. The van der Waals surface area contributed by atoms with Crippen LogP contribution < -0.4 is 0 Å². The third kappa shape index (κ3) is 2.17. The molecule has 2 aliphatic heterocycles. The molecule has 2 aliphatic rings. The molecule has 1 fully saturated rings. The Kier molecular flexibility index (Phi) is 3.13. The summed E-state index contributed by atoms with van der Waals surface area (Å²) in [5.74, 6) is 0.171. The van der Waals surface area contributed by atoms with Crippen LogP contribution in [0.1, 0.15) is 24.1 Å². The van der Waals surface area contributed by atoms with E-state index in [1.165, 1.54) is 16.6 Å². The van der Waals surface area contributed by atoms with Crippen LogP contribution in [0.15, 0.2) is 24.3 Å². The summed E-state index contributed by atoms with van der Waals surface area (Å²) in [5, 5.41) is 1.20. The Morgan fingerprint density at radius 3 is 2.86 bits per heavy atom. The molecule has 2 aromatic rings. The van der Waals surface area contributed by atoms with Gasteiger partial charge < -0.3 is 14.8 Å². The Labute approximate surface area is 128 Å². The van der Waals surface area contributed by atoms with E-state index in [1.807, 2.05) is 17.0 Å². The van der Waals surface area contributed by atoms with Crippen LogP contribution in [0.25, 0.3) is 10.9 Å². The lowest BCUT2D eigenvalue weighted by atomic mass is 10.0. The van der Waals surface area contributed by atoms with E-state index in [4.69, 9.17) is 0 Å². The number of hydrogen-bond donors (Lipinski definition) is 1. The topological polar surface area (TPSA) is 56.4 Å². The number of hydrogen-bond acceptors (Lipinski definition) is 2. The SMILES string of the molecule is O=C1CCCN1CC(=O)N1CCc2[nH]c3ccccc3c2C1. The Bertz CT molecular complexity index is 749. The molecular weight excluding hydrogens is 278 g/mol. The maximum Gasteiger partial charge on any atom is 0.242 e. The minimum Gasteiger partial charge on any atom is -0.358 e. The number of rotatable bonds is 2. The molecule has 4 rings (SSSR count). The van der Waals surface area contributed by atoms with Crippen molar-refractivity contribution in [2.75, 3.05) is 19.6 Å². The van der Waals surface area contributed by atoms with E-state index < -0.39 is 0 Å². The van der Waals surface area contributed by atoms with Gasteiger partial charge in [0.1, 0.15) is 0 Å². The second kappa shape index (κ2) is 5.16. The van der Waals surface area contributed by atoms with Crippen molar-refractivity contribution >= 4 is 22.7 Å². The van der Waals surface area contributed by atoms with Crippen molar-refractivity contribution in [2.24, 2.45) is 0 Å². The highest BCUT2D eigenvalue weighted by molar-refractivity contribution is 5.88. The Morgan fingerprint density at radius 2 is 2.05 bits per heavy atom. The van der Waals surface area contributed by atoms with Gasteiger partial charge in [-0.25, -0.2) is 0 Å². The number of carbonyl (C=O) groups excluding carboxylic acids is 2. The molecule has 0 saturated carbocycles. The molecule has 0 aliphatic carbocycles. The summed E-state index contributed by atoms with van der Waals surface area (Å²) in [5.41, 5.74) is 3.60. The molecule has 1 aromatic carbocycles. The van der Waals surface area contributed by atoms with Crippen molar-refractivity contribution in [1.82, 2.24) is 14.8 Å². The lowest BCUT2D eigenvalue weighted by Crippen LogP contribution is -2.43. The van der Waals surface area contributed by atoms with E-state index >= 15 is 0 Å². The van der Waals surface area contributed by atoms with Crippen molar-refractivity contribution in [3.05, 3.63) is 35.5 Å². The Hall–Kier alpha value is -2.30. The second-order valence-corrected chi connectivity index (χ2v) is 6.11. The van der Waals surface area contributed by atoms with E-state index in [-0.39, 0.29) is 18.4 Å². The number of carbonyl (C=O) groups is 2. The molecular formula is C17H19N3O2. The van der Waals surface area contributed by atoms with Crippen LogP contribution in [0, 0.1) is 0 Å². The number of benzene rings is 1. The zero-order valence-corrected chi connectivity index (χ0v) is 12.5. The summed E-state index contributed by atoms with van der Waals surface area (Å²) in [4.78, 5) is 31.2. The summed E-state index contributed by atoms with van der Waals surface area (Å²) < 4.78 is 0. The van der Waals surface area contributed by atoms with Crippen LogP contribution in [-0.2, 0) is 22.6 Å². The third-order valence-electron chi connectivity index (χ3n) is 4.73. The van der Waals surface area contributed by atoms with Gasteiger partial charge in [0.05, 0.1) is 6.54 Å². The molecule has 0 unspecified atom stereocenters. The molecule has 0 bridgehead atoms. The first-order chi connectivity index (χ1) is 10.7. The minimum absolute atomic E-state index is 0.0613. The number of nitrogens with one attached hydrogen (secondary N) is 1. The van der Waals surface area contributed by atoms with Gasteiger partial charge in [-0.1, -0.05) is 18.2 Å². The average Bonchev–Trinajstić information content (AvgIpc) is 3.10. The van der Waals surface area contributed by atoms with Gasteiger partial charge in [0, 0.05) is 54.6 Å². The summed E-state index contributed by atoms with van der Waals surface area (Å²) in [6, 6.07) is 8.22. The lowest BCUT2D eigenvalue weighted by molar-refractivity contribution is -0.138. The maximum absolute atomic E-state index is 12.5. The lowest BCUT2D eigenvalue weighted by Gasteiger charge is -2.29. The van der Waals surface area contributed by atoms with Crippen LogP contribution in [0.4, 0.5) is 0 Å². The fourth-order valence-corrected chi connectivity index (χ4v) is 3.51. The molecule has 5 nitrogen and oxygen atoms in total. The van der Waals surface area contributed by atoms with Crippen molar-refractivity contribution in [1.29, 1.82) is 0 Å². The number of likely N-dealkylation sites (tertiary alicyclic amines) is 1. The molecule has 0 atom stereocenters. The molecule has 1 saturated heterocycles. The molecule has 0 radical (unpaired) electrons. The fourth-order valence-electron chi connectivity index (χ4n) is 3.51. The number of nitrogens with zero attached hydrogens (tertiary/aromatic N) is 2. The molecule has 114 valence electrons. The zero-order valence-electron chi connectivity index (χ0n) is 12.5. The highest BCUT2D eigenvalue weighted by Crippen LogP contribution is 2.27. The fraction of sp³-hybridized carbons (Fsp3) is 0.412. The zero-order chi connectivity index (χ0) is 15.1. The van der Waals surface area contributed by atoms with E-state index in [0.717, 1.165) is 31.4 Å². The van der Waals surface area contributed by atoms with Gasteiger partial charge in [-0.05, 0) is 12.5 Å². The van der Waals surface area contributed by atoms with Crippen LogP contribution in [0.2, 0.25) is 0 Å². The van der Waals surface area contributed by atoms with Crippen molar-refractivity contribution in [3.8, 4) is 0 Å². The minimum atomic E-state index is 0.0613. The standard InChI is InChI=1S/C17H19N3O2/c21-16-6-3-8-19(16)11-17(22)20-9-7-15-13(10-20)12-4-1-2-5-14(12)18-15/h1-2,4-5,18H,3,6-11H2. The van der Waals surface area contributed by atoms with Crippen LogP contribution >= 0.6 is 0 Å². The molecule has 0 spiro atoms. The molecule has 1 N–H and O–H groups in total. The third-order valence-corrected chi connectivity index (χ3v) is 4.73. The highest BCUT2D eigenvalue weighted by atomic mass is 16.2. The van der Waals surface area contributed by atoms with Gasteiger partial charge in [-0.15, -0.1) is 0 Å². The Balaban J connectivity index is 1.53. The first-order valence-corrected chi connectivity index (χ1v) is 7.86. The van der Waals surface area contributed by atoms with Crippen molar-refractivity contribution in [2.45, 2.75) is 25.8 Å². The summed E-state index contributed by atoms with van der Waals surface area (Å²) >= 11 is 0. The van der Waals surface area contributed by atoms with Gasteiger partial charge in [-0.2, -0.15) is 0 Å². The van der Waals surface area contributed by atoms with Gasteiger partial charge >= 0.3 is 0 Å². The quantitative estimate of drug-likeness (QED) is 0.917. The predicted molar refractivity (Wildman–Crippen MR) is 83.2 cm³/mol. The number of amides is 2. The van der Waals surface area contributed by atoms with Crippen LogP contribution in [0.5, 0.6) is 0 Å². The monoisotopic (exact) mass is 297 g/mol. The number of para-hydroxylation sites is 1.